The Hall–Kier alpha value is -2.74. The summed E-state index contributed by atoms with van der Waals surface area (Å²) >= 11 is 11.9. The molecule has 0 fully saturated rings. The standard InChI is InChI=1S/C20H16Cl2N2O4S/c21-14-5-3-6-15(11-14)24-29(27,28)16-8-9-19(25)18(12-16)23-20(26)10-13-4-1-2-7-17(13)22/h1-9,11-12,24-25H,10H2,(H,23,26). The molecular formula is C20H16Cl2N2O4S. The number of sulfonamides is 1. The zero-order valence-electron chi connectivity index (χ0n) is 14.9. The molecule has 29 heavy (non-hydrogen) atoms. The van der Waals surface area contributed by atoms with Crippen LogP contribution in [-0.2, 0) is 21.2 Å². The highest BCUT2D eigenvalue weighted by Gasteiger charge is 2.18. The molecule has 3 rings (SSSR count). The van der Waals surface area contributed by atoms with Crippen LogP contribution in [0.25, 0.3) is 0 Å². The fourth-order valence-electron chi connectivity index (χ4n) is 2.56. The second-order valence-corrected chi connectivity index (χ2v) is 8.64. The first-order chi connectivity index (χ1) is 13.7. The smallest absolute Gasteiger partial charge is 0.261 e. The molecule has 3 aromatic rings. The Balaban J connectivity index is 1.80. The monoisotopic (exact) mass is 450 g/mol. The highest BCUT2D eigenvalue weighted by molar-refractivity contribution is 7.92. The minimum Gasteiger partial charge on any atom is -0.506 e. The van der Waals surface area contributed by atoms with Crippen LogP contribution in [0.15, 0.2) is 71.6 Å². The predicted molar refractivity (Wildman–Crippen MR) is 114 cm³/mol. The molecule has 0 aromatic heterocycles. The average Bonchev–Trinajstić information content (AvgIpc) is 2.65. The van der Waals surface area contributed by atoms with Crippen LogP contribution >= 0.6 is 23.2 Å². The van der Waals surface area contributed by atoms with Gasteiger partial charge in [0, 0.05) is 10.0 Å². The number of benzene rings is 3. The fraction of sp³-hybridized carbons (Fsp3) is 0.0500. The minimum absolute atomic E-state index is 0.0309. The SMILES string of the molecule is O=C(Cc1ccccc1Cl)Nc1cc(S(=O)(=O)Nc2cccc(Cl)c2)ccc1O. The Morgan fingerprint density at radius 3 is 2.45 bits per heavy atom. The van der Waals surface area contributed by atoms with Crippen molar-refractivity contribution in [3.05, 3.63) is 82.3 Å². The minimum atomic E-state index is -3.96. The molecule has 3 aromatic carbocycles. The van der Waals surface area contributed by atoms with Crippen molar-refractivity contribution in [2.45, 2.75) is 11.3 Å². The number of halogens is 2. The summed E-state index contributed by atoms with van der Waals surface area (Å²) in [6.07, 6.45) is -0.0309. The summed E-state index contributed by atoms with van der Waals surface area (Å²) < 4.78 is 27.7. The lowest BCUT2D eigenvalue weighted by Gasteiger charge is -2.12. The van der Waals surface area contributed by atoms with E-state index < -0.39 is 15.9 Å². The molecule has 0 aliphatic carbocycles. The lowest BCUT2D eigenvalue weighted by molar-refractivity contribution is -0.115. The van der Waals surface area contributed by atoms with E-state index in [2.05, 4.69) is 10.0 Å². The molecule has 9 heteroatoms. The topological polar surface area (TPSA) is 95.5 Å². The maximum absolute atomic E-state index is 12.6. The Bertz CT molecular complexity index is 1170. The van der Waals surface area contributed by atoms with Gasteiger partial charge in [-0.25, -0.2) is 8.42 Å². The maximum atomic E-state index is 12.6. The number of carbonyl (C=O) groups is 1. The number of hydrogen-bond donors (Lipinski definition) is 3. The zero-order chi connectivity index (χ0) is 21.0. The molecule has 3 N–H and O–H groups in total. The highest BCUT2D eigenvalue weighted by Crippen LogP contribution is 2.28. The summed E-state index contributed by atoms with van der Waals surface area (Å²) in [5, 5.41) is 13.4. The summed E-state index contributed by atoms with van der Waals surface area (Å²) in [7, 11) is -3.96. The third-order valence-electron chi connectivity index (χ3n) is 3.94. The van der Waals surface area contributed by atoms with Crippen molar-refractivity contribution >= 4 is 50.5 Å². The van der Waals surface area contributed by atoms with Gasteiger partial charge in [0.25, 0.3) is 10.0 Å². The molecule has 0 saturated carbocycles. The van der Waals surface area contributed by atoms with E-state index in [1.165, 1.54) is 24.3 Å². The highest BCUT2D eigenvalue weighted by atomic mass is 35.5. The van der Waals surface area contributed by atoms with Gasteiger partial charge in [0.05, 0.1) is 22.7 Å². The maximum Gasteiger partial charge on any atom is 0.261 e. The first-order valence-corrected chi connectivity index (χ1v) is 10.6. The normalized spacial score (nSPS) is 11.1. The van der Waals surface area contributed by atoms with Crippen LogP contribution in [0.4, 0.5) is 11.4 Å². The van der Waals surface area contributed by atoms with Gasteiger partial charge in [0.2, 0.25) is 5.91 Å². The van der Waals surface area contributed by atoms with E-state index in [-0.39, 0.29) is 28.4 Å². The summed E-state index contributed by atoms with van der Waals surface area (Å²) in [5.41, 5.74) is 0.864. The van der Waals surface area contributed by atoms with Crippen LogP contribution in [-0.4, -0.2) is 19.4 Å². The van der Waals surface area contributed by atoms with Gasteiger partial charge >= 0.3 is 0 Å². The second-order valence-electron chi connectivity index (χ2n) is 6.11. The van der Waals surface area contributed by atoms with Gasteiger partial charge < -0.3 is 10.4 Å². The average molecular weight is 451 g/mol. The van der Waals surface area contributed by atoms with E-state index in [1.54, 1.807) is 42.5 Å². The number of amides is 1. The van der Waals surface area contributed by atoms with Gasteiger partial charge in [-0.3, -0.25) is 9.52 Å². The molecule has 0 unspecified atom stereocenters. The van der Waals surface area contributed by atoms with Gasteiger partial charge in [0.1, 0.15) is 5.75 Å². The third-order valence-corrected chi connectivity index (χ3v) is 5.92. The van der Waals surface area contributed by atoms with Crippen LogP contribution in [0.3, 0.4) is 0 Å². The van der Waals surface area contributed by atoms with Crippen molar-refractivity contribution in [2.24, 2.45) is 0 Å². The largest absolute Gasteiger partial charge is 0.506 e. The molecule has 0 spiro atoms. The third kappa shape index (κ3) is 5.41. The number of aromatic hydroxyl groups is 1. The van der Waals surface area contributed by atoms with Crippen molar-refractivity contribution in [3.8, 4) is 5.75 Å². The first kappa shape index (κ1) is 21.0. The number of carbonyl (C=O) groups excluding carboxylic acids is 1. The van der Waals surface area contributed by atoms with Gasteiger partial charge in [-0.05, 0) is 48.0 Å². The van der Waals surface area contributed by atoms with E-state index in [1.807, 2.05) is 0 Å². The summed E-state index contributed by atoms with van der Waals surface area (Å²) in [5.74, 6) is -0.718. The number of anilines is 2. The van der Waals surface area contributed by atoms with E-state index >= 15 is 0 Å². The molecule has 0 aliphatic heterocycles. The van der Waals surface area contributed by atoms with Crippen molar-refractivity contribution in [2.75, 3.05) is 10.0 Å². The molecule has 0 heterocycles. The predicted octanol–water partition coefficient (Wildman–Crippen LogP) is 4.68. The van der Waals surface area contributed by atoms with Crippen molar-refractivity contribution < 1.29 is 18.3 Å². The Morgan fingerprint density at radius 1 is 0.966 bits per heavy atom. The number of rotatable bonds is 6. The number of hydrogen-bond acceptors (Lipinski definition) is 4. The van der Waals surface area contributed by atoms with Crippen molar-refractivity contribution in [1.82, 2.24) is 0 Å². The number of phenolic OH excluding ortho intramolecular Hbond substituents is 1. The quantitative estimate of drug-likeness (QED) is 0.475. The Labute approximate surface area is 178 Å². The molecule has 150 valence electrons. The molecular weight excluding hydrogens is 435 g/mol. The molecule has 0 bridgehead atoms. The number of nitrogens with one attached hydrogen (secondary N) is 2. The Kier molecular flexibility index (Phi) is 6.32. The van der Waals surface area contributed by atoms with Crippen LogP contribution in [0.2, 0.25) is 10.0 Å². The summed E-state index contributed by atoms with van der Waals surface area (Å²) in [4.78, 5) is 12.2. The van der Waals surface area contributed by atoms with E-state index in [0.29, 0.717) is 15.6 Å². The molecule has 1 amide bonds. The fourth-order valence-corrected chi connectivity index (χ4v) is 4.03. The Morgan fingerprint density at radius 2 is 1.72 bits per heavy atom. The molecule has 0 saturated heterocycles. The van der Waals surface area contributed by atoms with Crippen LogP contribution in [0.5, 0.6) is 5.75 Å². The molecule has 0 atom stereocenters. The van der Waals surface area contributed by atoms with Crippen molar-refractivity contribution in [3.63, 3.8) is 0 Å². The first-order valence-electron chi connectivity index (χ1n) is 8.39. The van der Waals surface area contributed by atoms with E-state index in [9.17, 15) is 18.3 Å². The molecule has 0 aliphatic rings. The summed E-state index contributed by atoms with van der Waals surface area (Å²) in [6, 6.07) is 16.7. The van der Waals surface area contributed by atoms with Gasteiger partial charge in [-0.2, -0.15) is 0 Å². The van der Waals surface area contributed by atoms with Crippen LogP contribution < -0.4 is 10.0 Å². The molecule has 6 nitrogen and oxygen atoms in total. The van der Waals surface area contributed by atoms with Crippen LogP contribution in [0.1, 0.15) is 5.56 Å². The molecule has 0 radical (unpaired) electrons. The second kappa shape index (κ2) is 8.73. The lowest BCUT2D eigenvalue weighted by atomic mass is 10.1. The van der Waals surface area contributed by atoms with E-state index in [0.717, 1.165) is 0 Å². The lowest BCUT2D eigenvalue weighted by Crippen LogP contribution is -2.16. The number of phenols is 1. The van der Waals surface area contributed by atoms with Gasteiger partial charge in [-0.1, -0.05) is 47.5 Å². The van der Waals surface area contributed by atoms with E-state index in [4.69, 9.17) is 23.2 Å². The van der Waals surface area contributed by atoms with Crippen molar-refractivity contribution in [1.29, 1.82) is 0 Å². The summed E-state index contributed by atoms with van der Waals surface area (Å²) in [6.45, 7) is 0. The van der Waals surface area contributed by atoms with Gasteiger partial charge in [-0.15, -0.1) is 0 Å². The van der Waals surface area contributed by atoms with Crippen LogP contribution in [0, 0.1) is 0 Å². The zero-order valence-corrected chi connectivity index (χ0v) is 17.2. The van der Waals surface area contributed by atoms with Gasteiger partial charge in [0.15, 0.2) is 0 Å².